The van der Waals surface area contributed by atoms with E-state index in [1.807, 2.05) is 0 Å². The van der Waals surface area contributed by atoms with E-state index in [0.717, 1.165) is 18.8 Å². The molecule has 2 nitrogen and oxygen atoms in total. The van der Waals surface area contributed by atoms with Crippen LogP contribution in [0.25, 0.3) is 0 Å². The van der Waals surface area contributed by atoms with Crippen LogP contribution in [-0.2, 0) is 9.53 Å². The Hall–Kier alpha value is -0.790. The third-order valence-electron chi connectivity index (χ3n) is 8.94. The number of unbranched alkanes of at least 4 members (excludes halogenated alkanes) is 25. The Kier molecular flexibility index (Phi) is 34.7. The highest BCUT2D eigenvalue weighted by Gasteiger charge is 2.03. The van der Waals surface area contributed by atoms with E-state index in [0.29, 0.717) is 13.0 Å². The summed E-state index contributed by atoms with van der Waals surface area (Å²) in [5, 5.41) is 0. The van der Waals surface area contributed by atoms with Gasteiger partial charge in [0.2, 0.25) is 0 Å². The number of ether oxygens (including phenoxy) is 1. The quantitative estimate of drug-likeness (QED) is 0.0432. The minimum Gasteiger partial charge on any atom is -0.466 e. The number of carbonyl (C=O) groups excluding carboxylic acids is 1. The fraction of sp³-hybridized carbons (Fsp3) is 0.923. The van der Waals surface area contributed by atoms with Gasteiger partial charge in [-0.2, -0.15) is 0 Å². The molecule has 0 N–H and O–H groups in total. The summed E-state index contributed by atoms with van der Waals surface area (Å²) in [4.78, 5) is 11.9. The van der Waals surface area contributed by atoms with Crippen LogP contribution in [0.5, 0.6) is 0 Å². The number of rotatable bonds is 34. The minimum atomic E-state index is 0.0215. The van der Waals surface area contributed by atoms with Gasteiger partial charge in [0.05, 0.1) is 6.61 Å². The molecule has 0 bridgehead atoms. The van der Waals surface area contributed by atoms with E-state index < -0.39 is 0 Å². The molecule has 0 aliphatic carbocycles. The summed E-state index contributed by atoms with van der Waals surface area (Å²) in [7, 11) is 0. The standard InChI is InChI=1S/C39H76O2/c1-4-6-7-8-9-10-11-12-13-14-15-18-21-24-27-30-33-36-39(40)41-37-34-31-28-25-22-19-16-17-20-23-26-29-32-35-38(3)5-2/h12-13,38H,4-11,14-37H2,1-3H3. The molecule has 1 atom stereocenters. The van der Waals surface area contributed by atoms with Crippen molar-refractivity contribution in [2.24, 2.45) is 5.92 Å². The van der Waals surface area contributed by atoms with Crippen LogP contribution in [-0.4, -0.2) is 12.6 Å². The van der Waals surface area contributed by atoms with E-state index in [4.69, 9.17) is 4.74 Å². The lowest BCUT2D eigenvalue weighted by Gasteiger charge is -2.07. The van der Waals surface area contributed by atoms with Crippen molar-refractivity contribution in [2.75, 3.05) is 6.61 Å². The molecule has 41 heavy (non-hydrogen) atoms. The van der Waals surface area contributed by atoms with Crippen LogP contribution < -0.4 is 0 Å². The van der Waals surface area contributed by atoms with Crippen molar-refractivity contribution in [3.8, 4) is 0 Å². The van der Waals surface area contributed by atoms with E-state index in [-0.39, 0.29) is 5.97 Å². The summed E-state index contributed by atoms with van der Waals surface area (Å²) < 4.78 is 5.45. The zero-order chi connectivity index (χ0) is 29.9. The first kappa shape index (κ1) is 40.2. The molecule has 0 heterocycles. The van der Waals surface area contributed by atoms with Crippen LogP contribution >= 0.6 is 0 Å². The van der Waals surface area contributed by atoms with E-state index >= 15 is 0 Å². The molecule has 0 aromatic rings. The Morgan fingerprint density at radius 3 is 1.37 bits per heavy atom. The Morgan fingerprint density at radius 1 is 0.512 bits per heavy atom. The van der Waals surface area contributed by atoms with Crippen LogP contribution in [0.1, 0.15) is 220 Å². The number of allylic oxidation sites excluding steroid dienone is 2. The second-order valence-electron chi connectivity index (χ2n) is 13.2. The molecule has 0 fully saturated rings. The average molecular weight is 577 g/mol. The normalized spacial score (nSPS) is 12.4. The maximum Gasteiger partial charge on any atom is 0.305 e. The van der Waals surface area contributed by atoms with E-state index in [1.54, 1.807) is 0 Å². The summed E-state index contributed by atoms with van der Waals surface area (Å²) in [6.45, 7) is 7.61. The first-order chi connectivity index (χ1) is 20.2. The lowest BCUT2D eigenvalue weighted by atomic mass is 9.99. The predicted octanol–water partition coefficient (Wildman–Crippen LogP) is 13.9. The molecule has 0 aromatic carbocycles. The summed E-state index contributed by atoms with van der Waals surface area (Å²) in [6.07, 6.45) is 45.6. The van der Waals surface area contributed by atoms with Crippen molar-refractivity contribution in [1.29, 1.82) is 0 Å². The van der Waals surface area contributed by atoms with Crippen LogP contribution in [0.2, 0.25) is 0 Å². The van der Waals surface area contributed by atoms with E-state index in [2.05, 4.69) is 32.9 Å². The van der Waals surface area contributed by atoms with Crippen molar-refractivity contribution in [2.45, 2.75) is 220 Å². The van der Waals surface area contributed by atoms with Crippen molar-refractivity contribution >= 4 is 5.97 Å². The first-order valence-corrected chi connectivity index (χ1v) is 19.0. The highest BCUT2D eigenvalue weighted by Crippen LogP contribution is 2.16. The molecule has 0 rings (SSSR count). The van der Waals surface area contributed by atoms with Crippen LogP contribution in [0.4, 0.5) is 0 Å². The SMILES string of the molecule is CCCCCCCCC=CCCCCCCCCCC(=O)OCCCCCCCCCCCCCCCC(C)CC. The zero-order valence-corrected chi connectivity index (χ0v) is 28.7. The summed E-state index contributed by atoms with van der Waals surface area (Å²) in [5.74, 6) is 0.945. The topological polar surface area (TPSA) is 26.3 Å². The third kappa shape index (κ3) is 35.3. The lowest BCUT2D eigenvalue weighted by molar-refractivity contribution is -0.143. The van der Waals surface area contributed by atoms with Crippen molar-refractivity contribution in [1.82, 2.24) is 0 Å². The third-order valence-corrected chi connectivity index (χ3v) is 8.94. The fourth-order valence-corrected chi connectivity index (χ4v) is 5.70. The van der Waals surface area contributed by atoms with Crippen molar-refractivity contribution in [3.63, 3.8) is 0 Å². The lowest BCUT2D eigenvalue weighted by Crippen LogP contribution is -2.05. The largest absolute Gasteiger partial charge is 0.466 e. The molecule has 0 spiro atoms. The second-order valence-corrected chi connectivity index (χ2v) is 13.2. The van der Waals surface area contributed by atoms with Gasteiger partial charge >= 0.3 is 5.97 Å². The van der Waals surface area contributed by atoms with Gasteiger partial charge in [0, 0.05) is 6.42 Å². The van der Waals surface area contributed by atoms with Gasteiger partial charge in [0.25, 0.3) is 0 Å². The number of hydrogen-bond donors (Lipinski definition) is 0. The number of esters is 1. The highest BCUT2D eigenvalue weighted by molar-refractivity contribution is 5.69. The second kappa shape index (κ2) is 35.4. The Morgan fingerprint density at radius 2 is 0.902 bits per heavy atom. The summed E-state index contributed by atoms with van der Waals surface area (Å²) >= 11 is 0. The van der Waals surface area contributed by atoms with Gasteiger partial charge in [-0.25, -0.2) is 0 Å². The zero-order valence-electron chi connectivity index (χ0n) is 28.7. The summed E-state index contributed by atoms with van der Waals surface area (Å²) in [6, 6.07) is 0. The van der Waals surface area contributed by atoms with E-state index in [1.165, 1.54) is 180 Å². The summed E-state index contributed by atoms with van der Waals surface area (Å²) in [5.41, 5.74) is 0. The van der Waals surface area contributed by atoms with Crippen molar-refractivity contribution in [3.05, 3.63) is 12.2 Å². The van der Waals surface area contributed by atoms with Gasteiger partial charge in [0.15, 0.2) is 0 Å². The van der Waals surface area contributed by atoms with Crippen LogP contribution in [0.3, 0.4) is 0 Å². The maximum absolute atomic E-state index is 11.9. The smallest absolute Gasteiger partial charge is 0.305 e. The van der Waals surface area contributed by atoms with Gasteiger partial charge in [0.1, 0.15) is 0 Å². The average Bonchev–Trinajstić information content (AvgIpc) is 2.98. The molecule has 244 valence electrons. The number of hydrogen-bond acceptors (Lipinski definition) is 2. The first-order valence-electron chi connectivity index (χ1n) is 19.0. The molecular formula is C39H76O2. The molecule has 2 heteroatoms. The molecule has 0 saturated heterocycles. The van der Waals surface area contributed by atoms with Gasteiger partial charge in [-0.15, -0.1) is 0 Å². The molecule has 0 aromatic heterocycles. The molecular weight excluding hydrogens is 500 g/mol. The Bertz CT molecular complexity index is 526. The Labute approximate surface area is 259 Å². The predicted molar refractivity (Wildman–Crippen MR) is 184 cm³/mol. The van der Waals surface area contributed by atoms with Gasteiger partial charge in [-0.3, -0.25) is 4.79 Å². The monoisotopic (exact) mass is 577 g/mol. The Balaban J connectivity index is 3.20. The minimum absolute atomic E-state index is 0.0215. The highest BCUT2D eigenvalue weighted by atomic mass is 16.5. The van der Waals surface area contributed by atoms with E-state index in [9.17, 15) is 4.79 Å². The van der Waals surface area contributed by atoms with Crippen LogP contribution in [0, 0.1) is 5.92 Å². The molecule has 0 aliphatic rings. The fourth-order valence-electron chi connectivity index (χ4n) is 5.70. The maximum atomic E-state index is 11.9. The molecule has 0 amide bonds. The van der Waals surface area contributed by atoms with Gasteiger partial charge in [-0.1, -0.05) is 187 Å². The van der Waals surface area contributed by atoms with Gasteiger partial charge in [-0.05, 0) is 44.4 Å². The molecule has 0 radical (unpaired) electrons. The molecule has 1 unspecified atom stereocenters. The molecule has 0 aliphatic heterocycles. The van der Waals surface area contributed by atoms with Crippen molar-refractivity contribution < 1.29 is 9.53 Å². The molecule has 0 saturated carbocycles. The van der Waals surface area contributed by atoms with Crippen LogP contribution in [0.15, 0.2) is 12.2 Å². The van der Waals surface area contributed by atoms with Gasteiger partial charge < -0.3 is 4.74 Å². The number of carbonyl (C=O) groups is 1.